The Morgan fingerprint density at radius 3 is 2.45 bits per heavy atom. The molecule has 1 aromatic rings. The van der Waals surface area contributed by atoms with E-state index in [0.29, 0.717) is 0 Å². The summed E-state index contributed by atoms with van der Waals surface area (Å²) < 4.78 is 10.5. The van der Waals surface area contributed by atoms with Crippen molar-refractivity contribution in [3.05, 3.63) is 41.7 Å². The molecule has 1 rings (SSSR count). The molecule has 1 aromatic carbocycles. The molecule has 0 radical (unpaired) electrons. The zero-order chi connectivity index (χ0) is 8.10. The highest BCUT2D eigenvalue weighted by Gasteiger charge is 1.97. The Labute approximate surface area is 72.1 Å². The summed E-state index contributed by atoms with van der Waals surface area (Å²) in [4.78, 5) is 0. The van der Waals surface area contributed by atoms with Gasteiger partial charge in [0.1, 0.15) is 12.2 Å². The van der Waals surface area contributed by atoms with Gasteiger partial charge in [0.25, 0.3) is 0 Å². The molecule has 0 aliphatic carbocycles. The number of rotatable bonds is 2. The lowest BCUT2D eigenvalue weighted by molar-refractivity contribution is 0.601. The maximum Gasteiger partial charge on any atom is 0.438 e. The van der Waals surface area contributed by atoms with Crippen molar-refractivity contribution in [2.45, 2.75) is 0 Å². The second-order valence-corrected chi connectivity index (χ2v) is 4.11. The van der Waals surface area contributed by atoms with E-state index in [1.807, 2.05) is 30.3 Å². The predicted octanol–water partition coefficient (Wildman–Crippen LogP) is 3.33. The molecule has 0 saturated heterocycles. The molecule has 0 aliphatic rings. The third kappa shape index (κ3) is 3.35. The Hall–Kier alpha value is -0.590. The summed E-state index contributed by atoms with van der Waals surface area (Å²) in [5.74, 6) is 1.58. The van der Waals surface area contributed by atoms with Crippen LogP contribution >= 0.6 is 19.3 Å². The van der Waals surface area contributed by atoms with Crippen LogP contribution in [0.2, 0.25) is 0 Å². The van der Waals surface area contributed by atoms with Crippen molar-refractivity contribution in [1.29, 1.82) is 0 Å². The summed E-state index contributed by atoms with van der Waals surface area (Å²) >= 11 is 3.75. The number of benzene rings is 1. The topological polar surface area (TPSA) is 17.1 Å². The van der Waals surface area contributed by atoms with Crippen LogP contribution in [0.3, 0.4) is 0 Å². The molecule has 1 unspecified atom stereocenters. The fourth-order valence-corrected chi connectivity index (χ4v) is 1.21. The van der Waals surface area contributed by atoms with Gasteiger partial charge >= 0.3 is 7.00 Å². The van der Waals surface area contributed by atoms with Crippen LogP contribution in [0.5, 0.6) is 0 Å². The monoisotopic (exact) mass is 183 g/mol. The highest BCUT2D eigenvalue weighted by molar-refractivity contribution is 8.41. The fourth-order valence-electron chi connectivity index (χ4n) is 0.714. The molecule has 3 heteroatoms. The first-order valence-electron chi connectivity index (χ1n) is 3.17. The zero-order valence-electron chi connectivity index (χ0n) is 5.84. The van der Waals surface area contributed by atoms with Gasteiger partial charge in [-0.2, -0.15) is 0 Å². The minimum absolute atomic E-state index is 1.05. The Bertz CT molecular complexity index is 269. The fraction of sp³-hybridized carbons (Fsp3) is 0. The van der Waals surface area contributed by atoms with Crippen LogP contribution in [0.15, 0.2) is 36.1 Å². The first-order valence-corrected chi connectivity index (χ1v) is 5.66. The molecule has 0 aliphatic heterocycles. The van der Waals surface area contributed by atoms with Gasteiger partial charge in [0, 0.05) is 0 Å². The van der Waals surface area contributed by atoms with Crippen LogP contribution in [-0.2, 0) is 4.57 Å². The van der Waals surface area contributed by atoms with E-state index in [1.165, 1.54) is 0 Å². The van der Waals surface area contributed by atoms with Crippen molar-refractivity contribution < 1.29 is 4.57 Å². The molecule has 0 fully saturated rings. The van der Waals surface area contributed by atoms with E-state index in [1.54, 1.807) is 11.9 Å². The molecule has 0 heterocycles. The van der Waals surface area contributed by atoms with Crippen molar-refractivity contribution in [3.8, 4) is 0 Å². The highest BCUT2D eigenvalue weighted by Crippen LogP contribution is 2.27. The van der Waals surface area contributed by atoms with Crippen molar-refractivity contribution in [2.75, 3.05) is 0 Å². The number of thiol groups is 1. The Balaban J connectivity index is 2.72. The second kappa shape index (κ2) is 4.32. The van der Waals surface area contributed by atoms with Gasteiger partial charge in [-0.05, 0) is 11.6 Å². The average Bonchev–Trinajstić information content (AvgIpc) is 2.03. The van der Waals surface area contributed by atoms with Crippen LogP contribution in [0.1, 0.15) is 5.56 Å². The molecule has 0 bridgehead atoms. The molecule has 56 valence electrons. The molecular weight excluding hydrogens is 175 g/mol. The van der Waals surface area contributed by atoms with Gasteiger partial charge in [-0.3, -0.25) is 0 Å². The molecule has 0 N–H and O–H groups in total. The molecular formula is C8H8OPS+. The molecule has 11 heavy (non-hydrogen) atoms. The number of hydrogen-bond donors (Lipinski definition) is 1. The van der Waals surface area contributed by atoms with Gasteiger partial charge < -0.3 is 0 Å². The van der Waals surface area contributed by atoms with E-state index in [0.717, 1.165) is 5.56 Å². The Morgan fingerprint density at radius 1 is 1.27 bits per heavy atom. The van der Waals surface area contributed by atoms with E-state index < -0.39 is 7.00 Å². The van der Waals surface area contributed by atoms with Gasteiger partial charge in [-0.15, -0.1) is 0 Å². The Kier molecular flexibility index (Phi) is 3.34. The summed E-state index contributed by atoms with van der Waals surface area (Å²) in [6, 6.07) is 9.71. The highest BCUT2D eigenvalue weighted by atomic mass is 32.7. The summed E-state index contributed by atoms with van der Waals surface area (Å²) in [6.07, 6.45) is 1.80. The van der Waals surface area contributed by atoms with E-state index in [4.69, 9.17) is 0 Å². The van der Waals surface area contributed by atoms with Crippen molar-refractivity contribution in [1.82, 2.24) is 0 Å². The minimum atomic E-state index is -1.46. The third-order valence-corrected chi connectivity index (χ3v) is 2.00. The zero-order valence-corrected chi connectivity index (χ0v) is 7.63. The smallest absolute Gasteiger partial charge is 0.0622 e. The van der Waals surface area contributed by atoms with Crippen LogP contribution in [-0.4, -0.2) is 0 Å². The molecule has 0 spiro atoms. The van der Waals surface area contributed by atoms with Gasteiger partial charge in [0.05, 0.1) is 0 Å². The van der Waals surface area contributed by atoms with Crippen LogP contribution in [0, 0.1) is 0 Å². The normalized spacial score (nSPS) is 11.9. The molecule has 0 saturated carbocycles. The van der Waals surface area contributed by atoms with Crippen molar-refractivity contribution in [2.24, 2.45) is 0 Å². The summed E-state index contributed by atoms with van der Waals surface area (Å²) in [7, 11) is -1.46. The minimum Gasteiger partial charge on any atom is -0.0622 e. The van der Waals surface area contributed by atoms with Crippen LogP contribution in [0.4, 0.5) is 0 Å². The molecule has 0 amide bonds. The van der Waals surface area contributed by atoms with Crippen LogP contribution < -0.4 is 0 Å². The maximum atomic E-state index is 10.5. The van der Waals surface area contributed by atoms with Crippen molar-refractivity contribution in [3.63, 3.8) is 0 Å². The Morgan fingerprint density at radius 2 is 1.91 bits per heavy atom. The summed E-state index contributed by atoms with van der Waals surface area (Å²) in [5.41, 5.74) is 1.05. The predicted molar refractivity (Wildman–Crippen MR) is 52.1 cm³/mol. The lowest BCUT2D eigenvalue weighted by Gasteiger charge is -1.85. The largest absolute Gasteiger partial charge is 0.438 e. The molecule has 1 nitrogen and oxygen atoms in total. The first kappa shape index (κ1) is 8.51. The van der Waals surface area contributed by atoms with Gasteiger partial charge in [-0.25, -0.2) is 0 Å². The van der Waals surface area contributed by atoms with Crippen LogP contribution in [0.25, 0.3) is 6.08 Å². The average molecular weight is 183 g/mol. The lowest BCUT2D eigenvalue weighted by atomic mass is 10.2. The number of hydrogen-bond acceptors (Lipinski definition) is 1. The molecule has 0 aromatic heterocycles. The van der Waals surface area contributed by atoms with E-state index >= 15 is 0 Å². The van der Waals surface area contributed by atoms with E-state index in [-0.39, 0.29) is 0 Å². The lowest BCUT2D eigenvalue weighted by Crippen LogP contribution is -1.65. The third-order valence-electron chi connectivity index (χ3n) is 1.19. The van der Waals surface area contributed by atoms with E-state index in [9.17, 15) is 4.57 Å². The SMILES string of the molecule is O=[P+](S)C=Cc1ccccc1. The maximum absolute atomic E-state index is 10.5. The first-order chi connectivity index (χ1) is 5.29. The van der Waals surface area contributed by atoms with Crippen molar-refractivity contribution >= 4 is 25.3 Å². The summed E-state index contributed by atoms with van der Waals surface area (Å²) in [6.45, 7) is 0. The standard InChI is InChI=1S/C8H7OPS/c9-10(11)7-6-8-4-2-1-3-5-8/h1-7H/p+1. The molecule has 1 atom stereocenters. The quantitative estimate of drug-likeness (QED) is 0.549. The van der Waals surface area contributed by atoms with Gasteiger partial charge in [-0.1, -0.05) is 34.9 Å². The van der Waals surface area contributed by atoms with Gasteiger partial charge in [0.2, 0.25) is 0 Å². The summed E-state index contributed by atoms with van der Waals surface area (Å²) in [5, 5.41) is 0. The van der Waals surface area contributed by atoms with Gasteiger partial charge in [0.15, 0.2) is 5.82 Å². The second-order valence-electron chi connectivity index (χ2n) is 2.03. The van der Waals surface area contributed by atoms with E-state index in [2.05, 4.69) is 12.2 Å².